The van der Waals surface area contributed by atoms with Crippen molar-refractivity contribution in [2.24, 2.45) is 5.92 Å². The largest absolute Gasteiger partial charge is 0.383 e. The summed E-state index contributed by atoms with van der Waals surface area (Å²) in [6, 6.07) is 7.20. The molecule has 0 heterocycles. The van der Waals surface area contributed by atoms with E-state index in [2.05, 4.69) is 58.2 Å². The molecule has 0 bridgehead atoms. The smallest absolute Gasteiger partial charge is 0.0637 e. The van der Waals surface area contributed by atoms with E-state index in [9.17, 15) is 0 Å². The molecule has 1 aliphatic rings. The highest BCUT2D eigenvalue weighted by Crippen LogP contribution is 2.38. The summed E-state index contributed by atoms with van der Waals surface area (Å²) in [6.45, 7) is 8.12. The van der Waals surface area contributed by atoms with Crippen molar-refractivity contribution >= 4 is 21.6 Å². The molecule has 0 radical (unpaired) electrons. The van der Waals surface area contributed by atoms with Crippen molar-refractivity contribution in [1.29, 1.82) is 0 Å². The van der Waals surface area contributed by atoms with Gasteiger partial charge in [0, 0.05) is 36.4 Å². The second-order valence-corrected chi connectivity index (χ2v) is 6.73. The van der Waals surface area contributed by atoms with Gasteiger partial charge in [-0.1, -0.05) is 22.9 Å². The van der Waals surface area contributed by atoms with Crippen molar-refractivity contribution in [2.45, 2.75) is 39.3 Å². The topological polar surface area (TPSA) is 24.5 Å². The van der Waals surface area contributed by atoms with Gasteiger partial charge in [-0.2, -0.15) is 0 Å². The Morgan fingerprint density at radius 2 is 2.19 bits per heavy atom. The first-order valence-electron chi connectivity index (χ1n) is 7.92. The first-order chi connectivity index (χ1) is 10.2. The van der Waals surface area contributed by atoms with E-state index >= 15 is 0 Å². The number of ether oxygens (including phenoxy) is 1. The molecule has 1 aliphatic carbocycles. The monoisotopic (exact) mass is 354 g/mol. The van der Waals surface area contributed by atoms with E-state index in [4.69, 9.17) is 4.74 Å². The molecule has 0 spiro atoms. The summed E-state index contributed by atoms with van der Waals surface area (Å²) >= 11 is 3.60. The lowest BCUT2D eigenvalue weighted by molar-refractivity contribution is 0.202. The maximum Gasteiger partial charge on any atom is 0.0637 e. The van der Waals surface area contributed by atoms with E-state index in [1.54, 1.807) is 7.11 Å². The summed E-state index contributed by atoms with van der Waals surface area (Å²) in [6.07, 6.45) is 2.73. The van der Waals surface area contributed by atoms with Crippen molar-refractivity contribution in [1.82, 2.24) is 5.32 Å². The SMILES string of the molecule is CCNCc1cc(Br)ccc1N(CCOC)C(C)C1CC1. The van der Waals surface area contributed by atoms with Crippen LogP contribution in [0, 0.1) is 5.92 Å². The van der Waals surface area contributed by atoms with E-state index in [0.29, 0.717) is 6.04 Å². The molecular weight excluding hydrogens is 328 g/mol. The summed E-state index contributed by atoms with van der Waals surface area (Å²) in [5.74, 6) is 0.845. The van der Waals surface area contributed by atoms with Crippen LogP contribution in [0.25, 0.3) is 0 Å². The fourth-order valence-corrected chi connectivity index (χ4v) is 3.21. The molecule has 118 valence electrons. The van der Waals surface area contributed by atoms with Crippen molar-refractivity contribution in [3.8, 4) is 0 Å². The zero-order valence-corrected chi connectivity index (χ0v) is 14.9. The second-order valence-electron chi connectivity index (χ2n) is 5.82. The summed E-state index contributed by atoms with van der Waals surface area (Å²) in [5, 5.41) is 3.45. The number of methoxy groups -OCH3 is 1. The third kappa shape index (κ3) is 4.70. The number of hydrogen-bond acceptors (Lipinski definition) is 3. The van der Waals surface area contributed by atoms with Gasteiger partial charge < -0.3 is 15.0 Å². The molecule has 1 N–H and O–H groups in total. The van der Waals surface area contributed by atoms with Crippen LogP contribution in [0.15, 0.2) is 22.7 Å². The molecule has 3 nitrogen and oxygen atoms in total. The number of rotatable bonds is 9. The number of anilines is 1. The highest BCUT2D eigenvalue weighted by molar-refractivity contribution is 9.10. The number of benzene rings is 1. The Bertz CT molecular complexity index is 448. The summed E-state index contributed by atoms with van der Waals surface area (Å²) in [4.78, 5) is 2.53. The Hall–Kier alpha value is -0.580. The van der Waals surface area contributed by atoms with E-state index < -0.39 is 0 Å². The highest BCUT2D eigenvalue weighted by Gasteiger charge is 2.32. The fourth-order valence-electron chi connectivity index (χ4n) is 2.80. The minimum atomic E-state index is 0.585. The lowest BCUT2D eigenvalue weighted by Gasteiger charge is -2.33. The standard InChI is InChI=1S/C17H27BrN2O/c1-4-19-12-15-11-16(18)7-8-17(15)20(9-10-21-3)13(2)14-5-6-14/h7-8,11,13-14,19H,4-6,9-10,12H2,1-3H3. The van der Waals surface area contributed by atoms with Gasteiger partial charge in [-0.3, -0.25) is 0 Å². The average Bonchev–Trinajstić information content (AvgIpc) is 3.31. The van der Waals surface area contributed by atoms with Gasteiger partial charge in [-0.15, -0.1) is 0 Å². The van der Waals surface area contributed by atoms with Crippen LogP contribution in [0.3, 0.4) is 0 Å². The second kappa shape index (κ2) is 8.16. The molecule has 2 rings (SSSR count). The molecule has 0 aliphatic heterocycles. The van der Waals surface area contributed by atoms with Gasteiger partial charge in [0.1, 0.15) is 0 Å². The average molecular weight is 355 g/mol. The van der Waals surface area contributed by atoms with E-state index in [0.717, 1.165) is 36.6 Å². The quantitative estimate of drug-likeness (QED) is 0.729. The van der Waals surface area contributed by atoms with Crippen molar-refractivity contribution < 1.29 is 4.74 Å². The van der Waals surface area contributed by atoms with E-state index in [1.807, 2.05) is 0 Å². The van der Waals surface area contributed by atoms with Crippen LogP contribution < -0.4 is 10.2 Å². The van der Waals surface area contributed by atoms with Crippen LogP contribution in [0.2, 0.25) is 0 Å². The number of hydrogen-bond donors (Lipinski definition) is 1. The lowest BCUT2D eigenvalue weighted by atomic mass is 10.1. The van der Waals surface area contributed by atoms with Crippen molar-refractivity contribution in [2.75, 3.05) is 31.7 Å². The first kappa shape index (κ1) is 16.8. The van der Waals surface area contributed by atoms with Crippen molar-refractivity contribution in [3.05, 3.63) is 28.2 Å². The molecular formula is C17H27BrN2O. The minimum absolute atomic E-state index is 0.585. The molecule has 1 atom stereocenters. The van der Waals surface area contributed by atoms with Gasteiger partial charge >= 0.3 is 0 Å². The molecule has 1 fully saturated rings. The highest BCUT2D eigenvalue weighted by atomic mass is 79.9. The van der Waals surface area contributed by atoms with Crippen LogP contribution in [0.5, 0.6) is 0 Å². The Balaban J connectivity index is 2.23. The van der Waals surface area contributed by atoms with Crippen molar-refractivity contribution in [3.63, 3.8) is 0 Å². The Morgan fingerprint density at radius 1 is 1.43 bits per heavy atom. The molecule has 1 unspecified atom stereocenters. The first-order valence-corrected chi connectivity index (χ1v) is 8.71. The molecule has 1 aromatic rings. The van der Waals surface area contributed by atoms with Gasteiger partial charge in [0.2, 0.25) is 0 Å². The summed E-state index contributed by atoms with van der Waals surface area (Å²) in [5.41, 5.74) is 2.70. The molecule has 0 amide bonds. The van der Waals surface area contributed by atoms with Crippen LogP contribution in [-0.4, -0.2) is 32.8 Å². The zero-order chi connectivity index (χ0) is 15.2. The lowest BCUT2D eigenvalue weighted by Crippen LogP contribution is -2.38. The van der Waals surface area contributed by atoms with Gasteiger partial charge in [0.05, 0.1) is 6.61 Å². The third-order valence-corrected chi connectivity index (χ3v) is 4.74. The molecule has 1 aromatic carbocycles. The molecule has 4 heteroatoms. The third-order valence-electron chi connectivity index (χ3n) is 4.25. The van der Waals surface area contributed by atoms with Gasteiger partial charge in [0.25, 0.3) is 0 Å². The summed E-state index contributed by atoms with van der Waals surface area (Å²) in [7, 11) is 1.78. The molecule has 1 saturated carbocycles. The zero-order valence-electron chi connectivity index (χ0n) is 13.4. The predicted octanol–water partition coefficient (Wildman–Crippen LogP) is 3.81. The van der Waals surface area contributed by atoms with Crippen LogP contribution in [0.1, 0.15) is 32.3 Å². The van der Waals surface area contributed by atoms with Crippen LogP contribution >= 0.6 is 15.9 Å². The Labute approximate surface area is 137 Å². The van der Waals surface area contributed by atoms with Crippen LogP contribution in [0.4, 0.5) is 5.69 Å². The van der Waals surface area contributed by atoms with Gasteiger partial charge in [-0.25, -0.2) is 0 Å². The van der Waals surface area contributed by atoms with Gasteiger partial charge in [0.15, 0.2) is 0 Å². The molecule has 0 aromatic heterocycles. The number of nitrogens with zero attached hydrogens (tertiary/aromatic N) is 1. The van der Waals surface area contributed by atoms with Crippen LogP contribution in [-0.2, 0) is 11.3 Å². The van der Waals surface area contributed by atoms with E-state index in [-0.39, 0.29) is 0 Å². The van der Waals surface area contributed by atoms with E-state index in [1.165, 1.54) is 24.1 Å². The van der Waals surface area contributed by atoms with Gasteiger partial charge in [-0.05, 0) is 56.0 Å². The Morgan fingerprint density at radius 3 is 2.81 bits per heavy atom. The maximum absolute atomic E-state index is 5.32. The maximum atomic E-state index is 5.32. The Kier molecular flexibility index (Phi) is 6.52. The fraction of sp³-hybridized carbons (Fsp3) is 0.647. The molecule has 21 heavy (non-hydrogen) atoms. The predicted molar refractivity (Wildman–Crippen MR) is 92.9 cm³/mol. The minimum Gasteiger partial charge on any atom is -0.383 e. The number of halogens is 1. The molecule has 0 saturated heterocycles. The number of nitrogens with one attached hydrogen (secondary N) is 1. The summed E-state index contributed by atoms with van der Waals surface area (Å²) < 4.78 is 6.47. The normalized spacial score (nSPS) is 16.0.